The van der Waals surface area contributed by atoms with Crippen LogP contribution < -0.4 is 9.16 Å². The van der Waals surface area contributed by atoms with Gasteiger partial charge in [-0.3, -0.25) is 0 Å². The van der Waals surface area contributed by atoms with Gasteiger partial charge in [-0.2, -0.15) is 0 Å². The summed E-state index contributed by atoms with van der Waals surface area (Å²) < 4.78 is 27.2. The van der Waals surface area contributed by atoms with Crippen LogP contribution >= 0.6 is 0 Å². The number of rotatable bonds is 8. The van der Waals surface area contributed by atoms with Gasteiger partial charge in [0.05, 0.1) is 13.2 Å². The van der Waals surface area contributed by atoms with Crippen molar-refractivity contribution in [2.24, 2.45) is 11.3 Å². The summed E-state index contributed by atoms with van der Waals surface area (Å²) >= 11 is 0. The number of hydrogen-bond donors (Lipinski definition) is 0. The molecule has 1 heterocycles. The van der Waals surface area contributed by atoms with Gasteiger partial charge in [0, 0.05) is 12.0 Å². The Bertz CT molecular complexity index is 1050. The van der Waals surface area contributed by atoms with E-state index in [1.54, 1.807) is 0 Å². The minimum Gasteiger partial charge on any atom is -0.541 e. The minimum absolute atomic E-state index is 0.00857. The van der Waals surface area contributed by atoms with Gasteiger partial charge in [-0.15, -0.1) is 0 Å². The Morgan fingerprint density at radius 2 is 1.68 bits per heavy atom. The second-order valence-corrected chi connectivity index (χ2v) is 24.2. The maximum absolute atomic E-state index is 7.15. The molecule has 0 bridgehead atoms. The van der Waals surface area contributed by atoms with Crippen molar-refractivity contribution in [3.8, 4) is 11.5 Å². The molecule has 0 amide bonds. The van der Waals surface area contributed by atoms with E-state index in [1.165, 1.54) is 30.4 Å². The van der Waals surface area contributed by atoms with Crippen LogP contribution in [-0.2, 0) is 22.0 Å². The third kappa shape index (κ3) is 4.09. The lowest BCUT2D eigenvalue weighted by atomic mass is 9.58. The molecular weight excluding hydrogens is 505 g/mol. The Kier molecular flexibility index (Phi) is 7.06. The number of hydrogen-bond acceptors (Lipinski definition) is 4. The molecule has 0 radical (unpaired) electrons. The molecule has 0 aromatic heterocycles. The summed E-state index contributed by atoms with van der Waals surface area (Å²) in [6, 6.07) is 7.95. The Labute approximate surface area is 234 Å². The topological polar surface area (TPSA) is 40.2 Å². The fourth-order valence-corrected chi connectivity index (χ4v) is 12.4. The summed E-state index contributed by atoms with van der Waals surface area (Å²) in [5.74, 6) is 2.53. The van der Waals surface area contributed by atoms with Gasteiger partial charge >= 0.3 is 0 Å². The molecule has 5 atom stereocenters. The van der Waals surface area contributed by atoms with Crippen molar-refractivity contribution in [1.29, 1.82) is 0 Å². The first kappa shape index (κ1) is 28.7. The van der Waals surface area contributed by atoms with Crippen molar-refractivity contribution < 1.29 is 18.3 Å². The van der Waals surface area contributed by atoms with Gasteiger partial charge < -0.3 is 18.3 Å². The van der Waals surface area contributed by atoms with Gasteiger partial charge in [-0.05, 0) is 97.8 Å². The number of epoxide rings is 1. The summed E-state index contributed by atoms with van der Waals surface area (Å²) in [6.45, 7) is 21.4. The zero-order chi connectivity index (χ0) is 27.8. The molecule has 1 saturated heterocycles. The van der Waals surface area contributed by atoms with Crippen molar-refractivity contribution >= 4 is 16.6 Å². The van der Waals surface area contributed by atoms with Gasteiger partial charge in [0.1, 0.15) is 17.0 Å². The molecule has 3 fully saturated rings. The molecule has 0 spiro atoms. The van der Waals surface area contributed by atoms with Crippen LogP contribution in [0.2, 0.25) is 36.3 Å². The van der Waals surface area contributed by atoms with Crippen LogP contribution in [0.4, 0.5) is 0 Å². The Morgan fingerprint density at radius 3 is 2.29 bits per heavy atom. The molecule has 4 nitrogen and oxygen atoms in total. The molecule has 3 aliphatic carbocycles. The largest absolute Gasteiger partial charge is 0.541 e. The van der Waals surface area contributed by atoms with E-state index < -0.39 is 16.6 Å². The third-order valence-electron chi connectivity index (χ3n) is 12.2. The van der Waals surface area contributed by atoms with Gasteiger partial charge in [0.15, 0.2) is 14.1 Å². The van der Waals surface area contributed by atoms with Crippen LogP contribution in [0.15, 0.2) is 12.1 Å². The molecule has 1 aromatic rings. The Hall–Kier alpha value is -0.826. The van der Waals surface area contributed by atoms with Gasteiger partial charge in [0.25, 0.3) is 8.32 Å². The van der Waals surface area contributed by atoms with Crippen LogP contribution in [-0.4, -0.2) is 41.1 Å². The predicted molar refractivity (Wildman–Crippen MR) is 162 cm³/mol. The van der Waals surface area contributed by atoms with Crippen LogP contribution in [0.3, 0.4) is 0 Å². The molecule has 0 N–H and O–H groups in total. The zero-order valence-electron chi connectivity index (χ0n) is 26.0. The smallest absolute Gasteiger partial charge is 0.250 e. The van der Waals surface area contributed by atoms with E-state index in [0.29, 0.717) is 12.0 Å². The molecule has 1 aromatic carbocycles. The van der Waals surface area contributed by atoms with E-state index in [4.69, 9.17) is 18.3 Å². The molecule has 214 valence electrons. The van der Waals surface area contributed by atoms with E-state index in [0.717, 1.165) is 55.3 Å². The first-order valence-electron chi connectivity index (χ1n) is 15.5. The maximum atomic E-state index is 7.15. The van der Waals surface area contributed by atoms with Crippen molar-refractivity contribution in [2.45, 2.75) is 147 Å². The van der Waals surface area contributed by atoms with Crippen LogP contribution in [0.1, 0.15) is 91.7 Å². The average Bonchev–Trinajstić information content (AvgIpc) is 3.44. The molecule has 5 rings (SSSR count). The lowest BCUT2D eigenvalue weighted by Crippen LogP contribution is -2.53. The normalized spacial score (nSPS) is 34.5. The summed E-state index contributed by atoms with van der Waals surface area (Å²) in [5.41, 5.74) is 2.95. The van der Waals surface area contributed by atoms with Crippen LogP contribution in [0.25, 0.3) is 0 Å². The molecule has 6 heteroatoms. The van der Waals surface area contributed by atoms with Crippen LogP contribution in [0, 0.1) is 11.3 Å². The zero-order valence-corrected chi connectivity index (χ0v) is 28.0. The summed E-state index contributed by atoms with van der Waals surface area (Å²) in [6.07, 6.45) is 8.24. The van der Waals surface area contributed by atoms with Crippen molar-refractivity contribution in [1.82, 2.24) is 0 Å². The molecule has 1 aliphatic heterocycles. The van der Waals surface area contributed by atoms with Gasteiger partial charge in [-0.25, -0.2) is 0 Å². The molecule has 38 heavy (non-hydrogen) atoms. The van der Waals surface area contributed by atoms with E-state index >= 15 is 0 Å². The first-order chi connectivity index (χ1) is 17.8. The lowest BCUT2D eigenvalue weighted by molar-refractivity contribution is -0.000261. The fourth-order valence-electron chi connectivity index (χ4n) is 8.39. The predicted octanol–water partition coefficient (Wildman–Crippen LogP) is 8.68. The van der Waals surface area contributed by atoms with E-state index in [1.807, 2.05) is 7.11 Å². The van der Waals surface area contributed by atoms with E-state index in [-0.39, 0.29) is 21.7 Å². The van der Waals surface area contributed by atoms with Crippen LogP contribution in [0.5, 0.6) is 11.5 Å². The number of ether oxygens (including phenoxy) is 2. The quantitative estimate of drug-likeness (QED) is 0.236. The second kappa shape index (κ2) is 9.35. The second-order valence-electron chi connectivity index (χ2n) is 14.7. The number of aryl methyl sites for hydroxylation is 1. The lowest BCUT2D eigenvalue weighted by Gasteiger charge is -2.48. The average molecular weight is 559 g/mol. The third-order valence-corrected chi connectivity index (χ3v) is 21.2. The van der Waals surface area contributed by atoms with E-state index in [2.05, 4.69) is 73.7 Å². The number of methoxy groups -OCH3 is 1. The highest BCUT2D eigenvalue weighted by Crippen LogP contribution is 2.73. The summed E-state index contributed by atoms with van der Waals surface area (Å²) in [7, 11) is -1.80. The standard InChI is InChI=1S/C32H54O4Si2/c1-11-38(12-2,13-3)34-25-15-14-23-18-19-32-26-16-17-27(35-37(9,10)29(4,5)6)30(26,7)20-21-31(32,36-32)22-24(23)28(25)33-8/h14-15,26-27H,11-13,16-22H2,1-10H3/t26-,27+,30+,31+,32+/m1/s1. The SMILES string of the molecule is CC[Si](CC)(CC)Oc1ccc2c(c1OC)C[C@@]13CC[C@]4(C)[C@@H](O[Si](C)(C)C(C)(C)C)CC[C@H]4[C@]1(CC2)O3. The highest BCUT2D eigenvalue weighted by molar-refractivity contribution is 6.74. The highest BCUT2D eigenvalue weighted by atomic mass is 28.4. The summed E-state index contributed by atoms with van der Waals surface area (Å²) in [4.78, 5) is 0. The minimum atomic E-state index is -1.83. The number of fused-ring (bicyclic) bond motifs is 2. The Morgan fingerprint density at radius 1 is 1.00 bits per heavy atom. The van der Waals surface area contributed by atoms with Crippen molar-refractivity contribution in [2.75, 3.05) is 7.11 Å². The maximum Gasteiger partial charge on any atom is 0.250 e. The van der Waals surface area contributed by atoms with Gasteiger partial charge in [0.2, 0.25) is 0 Å². The van der Waals surface area contributed by atoms with E-state index in [9.17, 15) is 0 Å². The van der Waals surface area contributed by atoms with Gasteiger partial charge in [-0.1, -0.05) is 54.5 Å². The molecule has 4 aliphatic rings. The fraction of sp³-hybridized carbons (Fsp3) is 0.812. The van der Waals surface area contributed by atoms with Crippen molar-refractivity contribution in [3.05, 3.63) is 23.3 Å². The highest BCUT2D eigenvalue weighted by Gasteiger charge is 2.79. The first-order valence-corrected chi connectivity index (χ1v) is 21.0. The molecular formula is C32H54O4Si2. The number of benzene rings is 1. The monoisotopic (exact) mass is 558 g/mol. The summed E-state index contributed by atoms with van der Waals surface area (Å²) in [5, 5.41) is 0.238. The molecule has 2 saturated carbocycles. The van der Waals surface area contributed by atoms with Crippen molar-refractivity contribution in [3.63, 3.8) is 0 Å². The Balaban J connectivity index is 1.44. The molecule has 0 unspecified atom stereocenters.